The third-order valence-electron chi connectivity index (χ3n) is 5.29. The molecule has 3 amide bonds. The van der Waals surface area contributed by atoms with Crippen LogP contribution < -0.4 is 10.4 Å². The van der Waals surface area contributed by atoms with Crippen LogP contribution in [0.4, 0.5) is 10.5 Å². The van der Waals surface area contributed by atoms with E-state index < -0.39 is 24.0 Å². The maximum Gasteiger partial charge on any atom is 0.408 e. The minimum absolute atomic E-state index is 0.199. The molecular formula is C18H24N4O5. The van der Waals surface area contributed by atoms with Gasteiger partial charge in [-0.2, -0.15) is 0 Å². The van der Waals surface area contributed by atoms with Gasteiger partial charge in [0.25, 0.3) is 0 Å². The van der Waals surface area contributed by atoms with Crippen molar-refractivity contribution < 1.29 is 24.7 Å². The van der Waals surface area contributed by atoms with Gasteiger partial charge < -0.3 is 14.9 Å². The van der Waals surface area contributed by atoms with E-state index in [1.165, 1.54) is 0 Å². The Bertz CT molecular complexity index is 690. The van der Waals surface area contributed by atoms with E-state index in [2.05, 4.69) is 4.90 Å². The third kappa shape index (κ3) is 3.97. The molecule has 2 unspecified atom stereocenters. The molecule has 9 nitrogen and oxygen atoms in total. The highest BCUT2D eigenvalue weighted by atomic mass is 16.5. The number of hydrogen-bond donors (Lipinski definition) is 3. The van der Waals surface area contributed by atoms with Crippen molar-refractivity contribution in [2.24, 2.45) is 5.92 Å². The predicted molar refractivity (Wildman–Crippen MR) is 96.4 cm³/mol. The van der Waals surface area contributed by atoms with Crippen molar-refractivity contribution in [3.8, 4) is 0 Å². The zero-order valence-corrected chi connectivity index (χ0v) is 15.0. The molecule has 2 atom stereocenters. The number of para-hydroxylation sites is 1. The van der Waals surface area contributed by atoms with Gasteiger partial charge >= 0.3 is 6.09 Å². The summed E-state index contributed by atoms with van der Waals surface area (Å²) in [6.07, 6.45) is -0.404. The number of carbonyl (C=O) groups is 3. The van der Waals surface area contributed by atoms with Crippen molar-refractivity contribution in [1.82, 2.24) is 15.3 Å². The lowest BCUT2D eigenvalue weighted by molar-refractivity contribution is -0.148. The number of hydrogen-bond acceptors (Lipinski definition) is 5. The first kappa shape index (κ1) is 19.0. The second-order valence-corrected chi connectivity index (χ2v) is 6.79. The first-order chi connectivity index (χ1) is 13.0. The summed E-state index contributed by atoms with van der Waals surface area (Å²) >= 11 is 0. The predicted octanol–water partition coefficient (Wildman–Crippen LogP) is 0.599. The molecule has 0 aliphatic carbocycles. The van der Waals surface area contributed by atoms with Gasteiger partial charge in [0, 0.05) is 38.4 Å². The highest BCUT2D eigenvalue weighted by molar-refractivity contribution is 5.92. The molecule has 146 valence electrons. The molecule has 2 saturated heterocycles. The number of hydroxylamine groups is 1. The number of piperazine rings is 1. The summed E-state index contributed by atoms with van der Waals surface area (Å²) in [4.78, 5) is 41.5. The Labute approximate surface area is 157 Å². The largest absolute Gasteiger partial charge is 0.465 e. The lowest BCUT2D eigenvalue weighted by Gasteiger charge is -2.42. The summed E-state index contributed by atoms with van der Waals surface area (Å²) in [7, 11) is 0. The fraction of sp³-hybridized carbons (Fsp3) is 0.500. The average Bonchev–Trinajstić information content (AvgIpc) is 2.72. The molecule has 0 spiro atoms. The van der Waals surface area contributed by atoms with Crippen LogP contribution in [0.15, 0.2) is 30.3 Å². The van der Waals surface area contributed by atoms with E-state index in [-0.39, 0.29) is 12.5 Å². The van der Waals surface area contributed by atoms with Gasteiger partial charge in [-0.15, -0.1) is 0 Å². The number of piperidine rings is 1. The Hall–Kier alpha value is -2.81. The van der Waals surface area contributed by atoms with E-state index in [1.54, 1.807) is 10.4 Å². The minimum Gasteiger partial charge on any atom is -0.465 e. The molecule has 0 saturated carbocycles. The van der Waals surface area contributed by atoms with E-state index in [0.717, 1.165) is 10.6 Å². The first-order valence-corrected chi connectivity index (χ1v) is 9.05. The molecule has 27 heavy (non-hydrogen) atoms. The highest BCUT2D eigenvalue weighted by Gasteiger charge is 2.45. The van der Waals surface area contributed by atoms with E-state index in [9.17, 15) is 19.5 Å². The lowest BCUT2D eigenvalue weighted by Crippen LogP contribution is -2.61. The maximum atomic E-state index is 13.1. The van der Waals surface area contributed by atoms with Crippen molar-refractivity contribution in [3.05, 3.63) is 30.3 Å². The van der Waals surface area contributed by atoms with Gasteiger partial charge in [-0.3, -0.25) is 19.7 Å². The molecule has 3 rings (SSSR count). The van der Waals surface area contributed by atoms with Crippen molar-refractivity contribution in [2.45, 2.75) is 18.9 Å². The van der Waals surface area contributed by atoms with E-state index in [4.69, 9.17) is 5.21 Å². The SMILES string of the molecule is O=C(NO)C1CCCN(C(=O)O)C1C(=O)N1CCN(c2ccccc2)CC1. The molecule has 0 radical (unpaired) electrons. The van der Waals surface area contributed by atoms with Gasteiger partial charge in [-0.05, 0) is 25.0 Å². The Morgan fingerprint density at radius 1 is 1.00 bits per heavy atom. The lowest BCUT2D eigenvalue weighted by atomic mass is 9.87. The van der Waals surface area contributed by atoms with Crippen LogP contribution in [0.2, 0.25) is 0 Å². The minimum atomic E-state index is -1.23. The Balaban J connectivity index is 1.72. The Morgan fingerprint density at radius 2 is 1.67 bits per heavy atom. The fourth-order valence-corrected chi connectivity index (χ4v) is 3.88. The van der Waals surface area contributed by atoms with Gasteiger partial charge in [-0.25, -0.2) is 10.3 Å². The number of nitrogens with one attached hydrogen (secondary N) is 1. The first-order valence-electron chi connectivity index (χ1n) is 9.05. The summed E-state index contributed by atoms with van der Waals surface area (Å²) < 4.78 is 0. The Kier molecular flexibility index (Phi) is 5.80. The second-order valence-electron chi connectivity index (χ2n) is 6.79. The van der Waals surface area contributed by atoms with Crippen molar-refractivity contribution in [1.29, 1.82) is 0 Å². The smallest absolute Gasteiger partial charge is 0.408 e. The second kappa shape index (κ2) is 8.26. The normalized spacial score (nSPS) is 23.1. The van der Waals surface area contributed by atoms with Gasteiger partial charge in [0.15, 0.2) is 0 Å². The highest BCUT2D eigenvalue weighted by Crippen LogP contribution is 2.27. The summed E-state index contributed by atoms with van der Waals surface area (Å²) in [6, 6.07) is 8.76. The van der Waals surface area contributed by atoms with Crippen molar-refractivity contribution in [3.63, 3.8) is 0 Å². The zero-order valence-electron chi connectivity index (χ0n) is 15.0. The fourth-order valence-electron chi connectivity index (χ4n) is 3.88. The molecule has 2 fully saturated rings. The van der Waals surface area contributed by atoms with Crippen molar-refractivity contribution in [2.75, 3.05) is 37.6 Å². The third-order valence-corrected chi connectivity index (χ3v) is 5.29. The van der Waals surface area contributed by atoms with Crippen LogP contribution in [0, 0.1) is 5.92 Å². The van der Waals surface area contributed by atoms with E-state index >= 15 is 0 Å². The molecule has 2 aliphatic heterocycles. The van der Waals surface area contributed by atoms with Crippen LogP contribution in [-0.4, -0.2) is 76.8 Å². The number of nitrogens with zero attached hydrogens (tertiary/aromatic N) is 3. The molecule has 3 N–H and O–H groups in total. The van der Waals surface area contributed by atoms with Crippen LogP contribution in [0.5, 0.6) is 0 Å². The molecule has 0 aromatic heterocycles. The van der Waals surface area contributed by atoms with E-state index in [1.807, 2.05) is 30.3 Å². The number of carboxylic acid groups (broad SMARTS) is 1. The molecule has 2 aliphatic rings. The summed E-state index contributed by atoms with van der Waals surface area (Å²) in [5.74, 6) is -1.99. The summed E-state index contributed by atoms with van der Waals surface area (Å²) in [6.45, 7) is 2.36. The van der Waals surface area contributed by atoms with Crippen LogP contribution in [0.3, 0.4) is 0 Å². The van der Waals surface area contributed by atoms with Crippen LogP contribution in [0.25, 0.3) is 0 Å². The van der Waals surface area contributed by atoms with Crippen LogP contribution >= 0.6 is 0 Å². The molecule has 1 aromatic carbocycles. The summed E-state index contributed by atoms with van der Waals surface area (Å²) in [5, 5.41) is 18.5. The van der Waals surface area contributed by atoms with Crippen LogP contribution in [0.1, 0.15) is 12.8 Å². The zero-order chi connectivity index (χ0) is 19.4. The van der Waals surface area contributed by atoms with Gasteiger partial charge in [0.05, 0.1) is 5.92 Å². The van der Waals surface area contributed by atoms with Crippen molar-refractivity contribution >= 4 is 23.6 Å². The monoisotopic (exact) mass is 376 g/mol. The number of likely N-dealkylation sites (tertiary alicyclic amines) is 1. The number of benzene rings is 1. The standard InChI is InChI=1S/C18H24N4O5/c23-16(19-27)14-7-4-8-22(18(25)26)15(14)17(24)21-11-9-20(10-12-21)13-5-2-1-3-6-13/h1-3,5-6,14-15,27H,4,7-12H2,(H,19,23)(H,25,26). The molecule has 0 bridgehead atoms. The molecule has 1 aromatic rings. The maximum absolute atomic E-state index is 13.1. The van der Waals surface area contributed by atoms with E-state index in [0.29, 0.717) is 39.0 Å². The van der Waals surface area contributed by atoms with Gasteiger partial charge in [0.1, 0.15) is 6.04 Å². The topological polar surface area (TPSA) is 113 Å². The number of anilines is 1. The quantitative estimate of drug-likeness (QED) is 0.526. The summed E-state index contributed by atoms with van der Waals surface area (Å²) in [5.41, 5.74) is 2.65. The number of amides is 3. The molecular weight excluding hydrogens is 352 g/mol. The van der Waals surface area contributed by atoms with Gasteiger partial charge in [-0.1, -0.05) is 18.2 Å². The average molecular weight is 376 g/mol. The molecule has 9 heteroatoms. The molecule has 2 heterocycles. The number of carbonyl (C=O) groups excluding carboxylic acids is 2. The number of rotatable bonds is 3. The Morgan fingerprint density at radius 3 is 2.26 bits per heavy atom. The van der Waals surface area contributed by atoms with Gasteiger partial charge in [0.2, 0.25) is 11.8 Å². The van der Waals surface area contributed by atoms with Crippen LogP contribution in [-0.2, 0) is 9.59 Å².